The summed E-state index contributed by atoms with van der Waals surface area (Å²) in [4.78, 5) is 19.1. The lowest BCUT2D eigenvalue weighted by Gasteiger charge is -1.71. The average molecular weight is 110 g/mol. The van der Waals surface area contributed by atoms with Crippen LogP contribution in [0.5, 0.6) is 0 Å². The molecule has 0 aromatic rings. The first-order valence-electron chi connectivity index (χ1n) is 2.27. The van der Waals surface area contributed by atoms with Gasteiger partial charge in [-0.05, 0) is 5.92 Å². The smallest absolute Gasteiger partial charge is 0.192 e. The van der Waals surface area contributed by atoms with Gasteiger partial charge in [0, 0.05) is 12.8 Å². The molecule has 0 saturated heterocycles. The monoisotopic (exact) mass is 110 g/mol. The van der Waals surface area contributed by atoms with E-state index in [1.54, 1.807) is 0 Å². The zero-order valence-corrected chi connectivity index (χ0v) is 4.39. The predicted molar refractivity (Wildman–Crippen MR) is 29.1 cm³/mol. The number of carbonyl (C=O) groups excluding carboxylic acids is 2. The predicted octanol–water partition coefficient (Wildman–Crippen LogP) is 0.168. The zero-order chi connectivity index (χ0) is 6.24. The number of unbranched alkanes of at least 4 members (excludes halogenated alkanes) is 1. The topological polar surface area (TPSA) is 34.1 Å². The van der Waals surface area contributed by atoms with Gasteiger partial charge in [-0.2, -0.15) is 0 Å². The SMILES string of the molecule is O=CC#CCCC=O. The third kappa shape index (κ3) is 4.90. The molecule has 0 unspecified atom stereocenters. The molecular formula is C6H6O2. The maximum Gasteiger partial charge on any atom is 0.192 e. The van der Waals surface area contributed by atoms with Gasteiger partial charge in [-0.15, -0.1) is 0 Å². The van der Waals surface area contributed by atoms with E-state index in [0.717, 1.165) is 6.29 Å². The lowest BCUT2D eigenvalue weighted by molar-refractivity contribution is -0.107. The highest BCUT2D eigenvalue weighted by molar-refractivity contribution is 5.72. The summed E-state index contributed by atoms with van der Waals surface area (Å²) in [6.45, 7) is 0. The molecule has 42 valence electrons. The van der Waals surface area contributed by atoms with Gasteiger partial charge in [0.2, 0.25) is 0 Å². The van der Waals surface area contributed by atoms with Gasteiger partial charge in [0.1, 0.15) is 6.29 Å². The van der Waals surface area contributed by atoms with Gasteiger partial charge < -0.3 is 4.79 Å². The van der Waals surface area contributed by atoms with Crippen LogP contribution in [-0.2, 0) is 9.59 Å². The summed E-state index contributed by atoms with van der Waals surface area (Å²) in [6.07, 6.45) is 2.20. The highest BCUT2D eigenvalue weighted by atomic mass is 16.1. The molecule has 0 atom stereocenters. The number of carbonyl (C=O) groups is 2. The maximum absolute atomic E-state index is 9.61. The van der Waals surface area contributed by atoms with Crippen molar-refractivity contribution in [3.05, 3.63) is 0 Å². The summed E-state index contributed by atoms with van der Waals surface area (Å²) < 4.78 is 0. The van der Waals surface area contributed by atoms with E-state index in [4.69, 9.17) is 0 Å². The van der Waals surface area contributed by atoms with E-state index in [9.17, 15) is 9.59 Å². The summed E-state index contributed by atoms with van der Waals surface area (Å²) in [6, 6.07) is 0. The third-order valence-corrected chi connectivity index (χ3v) is 0.548. The van der Waals surface area contributed by atoms with Gasteiger partial charge in [0.05, 0.1) is 0 Å². The Morgan fingerprint density at radius 3 is 2.62 bits per heavy atom. The molecule has 0 spiro atoms. The highest BCUT2D eigenvalue weighted by Crippen LogP contribution is 1.77. The van der Waals surface area contributed by atoms with Crippen molar-refractivity contribution in [1.82, 2.24) is 0 Å². The molecule has 0 aromatic carbocycles. The van der Waals surface area contributed by atoms with Crippen LogP contribution in [0.3, 0.4) is 0 Å². The lowest BCUT2D eigenvalue weighted by Crippen LogP contribution is -1.70. The van der Waals surface area contributed by atoms with Crippen molar-refractivity contribution < 1.29 is 9.59 Å². The standard InChI is InChI=1S/C6H6O2/c7-5-3-1-2-4-6-8/h5-6H,1,3H2. The van der Waals surface area contributed by atoms with E-state index in [0.29, 0.717) is 19.1 Å². The quantitative estimate of drug-likeness (QED) is 0.288. The van der Waals surface area contributed by atoms with Crippen LogP contribution in [0.25, 0.3) is 0 Å². The number of aldehydes is 2. The van der Waals surface area contributed by atoms with Gasteiger partial charge in [-0.1, -0.05) is 5.92 Å². The van der Waals surface area contributed by atoms with E-state index in [2.05, 4.69) is 11.8 Å². The van der Waals surface area contributed by atoms with E-state index < -0.39 is 0 Å². The van der Waals surface area contributed by atoms with Crippen LogP contribution in [0.4, 0.5) is 0 Å². The Hall–Kier alpha value is -1.10. The van der Waals surface area contributed by atoms with Crippen LogP contribution >= 0.6 is 0 Å². The molecule has 8 heavy (non-hydrogen) atoms. The largest absolute Gasteiger partial charge is 0.303 e. The zero-order valence-electron chi connectivity index (χ0n) is 4.39. The molecular weight excluding hydrogens is 104 g/mol. The molecule has 0 aliphatic rings. The van der Waals surface area contributed by atoms with Crippen molar-refractivity contribution in [2.45, 2.75) is 12.8 Å². The van der Waals surface area contributed by atoms with E-state index >= 15 is 0 Å². The van der Waals surface area contributed by atoms with Crippen LogP contribution in [0.2, 0.25) is 0 Å². The molecule has 0 N–H and O–H groups in total. The molecule has 0 bridgehead atoms. The molecule has 2 heteroatoms. The Morgan fingerprint density at radius 2 is 2.12 bits per heavy atom. The Balaban J connectivity index is 3.14. The molecule has 0 amide bonds. The third-order valence-electron chi connectivity index (χ3n) is 0.548. The summed E-state index contributed by atoms with van der Waals surface area (Å²) in [7, 11) is 0. The van der Waals surface area contributed by atoms with Crippen molar-refractivity contribution in [1.29, 1.82) is 0 Å². The van der Waals surface area contributed by atoms with Crippen LogP contribution in [-0.4, -0.2) is 12.6 Å². The maximum atomic E-state index is 9.61. The van der Waals surface area contributed by atoms with Gasteiger partial charge >= 0.3 is 0 Å². The Kier molecular flexibility index (Phi) is 5.09. The van der Waals surface area contributed by atoms with E-state index in [-0.39, 0.29) is 0 Å². The van der Waals surface area contributed by atoms with Crippen molar-refractivity contribution in [3.63, 3.8) is 0 Å². The summed E-state index contributed by atoms with van der Waals surface area (Å²) in [5.41, 5.74) is 0. The second kappa shape index (κ2) is 5.90. The molecule has 0 aliphatic heterocycles. The van der Waals surface area contributed by atoms with Crippen LogP contribution in [0, 0.1) is 11.8 Å². The fourth-order valence-corrected chi connectivity index (χ4v) is 0.245. The fraction of sp³-hybridized carbons (Fsp3) is 0.333. The van der Waals surface area contributed by atoms with Gasteiger partial charge in [0.15, 0.2) is 6.29 Å². The van der Waals surface area contributed by atoms with Crippen molar-refractivity contribution in [2.24, 2.45) is 0 Å². The number of hydrogen-bond acceptors (Lipinski definition) is 2. The van der Waals surface area contributed by atoms with Crippen LogP contribution in [0.1, 0.15) is 12.8 Å². The van der Waals surface area contributed by atoms with Crippen molar-refractivity contribution in [2.75, 3.05) is 0 Å². The summed E-state index contributed by atoms with van der Waals surface area (Å²) >= 11 is 0. The second-order valence-corrected chi connectivity index (χ2v) is 1.14. The molecule has 0 saturated carbocycles. The van der Waals surface area contributed by atoms with E-state index in [1.807, 2.05) is 0 Å². The Morgan fingerprint density at radius 1 is 1.38 bits per heavy atom. The minimum Gasteiger partial charge on any atom is -0.303 e. The average Bonchev–Trinajstić information content (AvgIpc) is 1.81. The van der Waals surface area contributed by atoms with E-state index in [1.165, 1.54) is 0 Å². The highest BCUT2D eigenvalue weighted by Gasteiger charge is 1.73. The fourth-order valence-electron chi connectivity index (χ4n) is 0.245. The number of rotatable bonds is 2. The second-order valence-electron chi connectivity index (χ2n) is 1.14. The summed E-state index contributed by atoms with van der Waals surface area (Å²) in [5.74, 6) is 4.68. The van der Waals surface area contributed by atoms with Gasteiger partial charge in [-0.3, -0.25) is 4.79 Å². The van der Waals surface area contributed by atoms with Gasteiger partial charge in [0.25, 0.3) is 0 Å². The number of hydrogen-bond donors (Lipinski definition) is 0. The minimum absolute atomic E-state index is 0.418. The van der Waals surface area contributed by atoms with Crippen molar-refractivity contribution >= 4 is 12.6 Å². The molecule has 0 heterocycles. The minimum atomic E-state index is 0.418. The molecule has 0 fully saturated rings. The normalized spacial score (nSPS) is 6.50. The first kappa shape index (κ1) is 6.90. The lowest BCUT2D eigenvalue weighted by atomic mass is 10.3. The Labute approximate surface area is 47.9 Å². The molecule has 0 aliphatic carbocycles. The first-order valence-corrected chi connectivity index (χ1v) is 2.27. The molecule has 0 rings (SSSR count). The van der Waals surface area contributed by atoms with Gasteiger partial charge in [-0.25, -0.2) is 0 Å². The summed E-state index contributed by atoms with van der Waals surface area (Å²) in [5, 5.41) is 0. The molecule has 0 radical (unpaired) electrons. The molecule has 2 nitrogen and oxygen atoms in total. The Bertz CT molecular complexity index is 127. The first-order chi connectivity index (χ1) is 3.91. The van der Waals surface area contributed by atoms with Crippen LogP contribution in [0.15, 0.2) is 0 Å². The van der Waals surface area contributed by atoms with Crippen LogP contribution < -0.4 is 0 Å². The molecule has 0 aromatic heterocycles. The van der Waals surface area contributed by atoms with Crippen molar-refractivity contribution in [3.8, 4) is 11.8 Å².